The summed E-state index contributed by atoms with van der Waals surface area (Å²) in [7, 11) is 5.22. The number of fused-ring (bicyclic) bond motifs is 1. The molecule has 28 heavy (non-hydrogen) atoms. The molecule has 0 saturated heterocycles. The number of thiophene rings is 1. The van der Waals surface area contributed by atoms with Crippen LogP contribution in [0.4, 0.5) is 5.00 Å². The van der Waals surface area contributed by atoms with Gasteiger partial charge < -0.3 is 19.7 Å². The summed E-state index contributed by atoms with van der Waals surface area (Å²) in [4.78, 5) is 14.8. The Labute approximate surface area is 169 Å². The highest BCUT2D eigenvalue weighted by Gasteiger charge is 2.24. The van der Waals surface area contributed by atoms with Gasteiger partial charge in [-0.1, -0.05) is 0 Å². The number of amides is 1. The number of methoxy groups -OCH3 is 2. The number of nitrogens with one attached hydrogen (secondary N) is 2. The van der Waals surface area contributed by atoms with Crippen LogP contribution in [0.15, 0.2) is 12.1 Å². The monoisotopic (exact) mass is 400 g/mol. The van der Waals surface area contributed by atoms with Crippen LogP contribution in [-0.2, 0) is 24.2 Å². The van der Waals surface area contributed by atoms with Crippen molar-refractivity contribution in [3.8, 4) is 17.6 Å². The van der Waals surface area contributed by atoms with Crippen LogP contribution in [0.3, 0.4) is 0 Å². The number of quaternary nitrogens is 1. The zero-order valence-electron chi connectivity index (χ0n) is 16.8. The minimum absolute atomic E-state index is 0.0768. The van der Waals surface area contributed by atoms with Crippen molar-refractivity contribution in [2.24, 2.45) is 0 Å². The van der Waals surface area contributed by atoms with E-state index in [4.69, 9.17) is 9.47 Å². The lowest BCUT2D eigenvalue weighted by Gasteiger charge is -2.17. The molecule has 1 aliphatic rings. The summed E-state index contributed by atoms with van der Waals surface area (Å²) in [6.45, 7) is 3.03. The lowest BCUT2D eigenvalue weighted by molar-refractivity contribution is -0.885. The second kappa shape index (κ2) is 8.63. The van der Waals surface area contributed by atoms with Crippen LogP contribution in [0.2, 0.25) is 0 Å². The number of nitrogens with zero attached hydrogens (tertiary/aromatic N) is 1. The third-order valence-corrected chi connectivity index (χ3v) is 6.29. The van der Waals surface area contributed by atoms with E-state index >= 15 is 0 Å². The summed E-state index contributed by atoms with van der Waals surface area (Å²) in [5.74, 6) is 1.31. The van der Waals surface area contributed by atoms with E-state index < -0.39 is 0 Å². The first-order chi connectivity index (χ1) is 13.5. The van der Waals surface area contributed by atoms with Crippen molar-refractivity contribution < 1.29 is 19.2 Å². The van der Waals surface area contributed by atoms with Crippen molar-refractivity contribution in [3.63, 3.8) is 0 Å². The van der Waals surface area contributed by atoms with Gasteiger partial charge in [-0.15, -0.1) is 11.3 Å². The molecule has 7 heteroatoms. The molecule has 0 bridgehead atoms. The van der Waals surface area contributed by atoms with Gasteiger partial charge in [-0.3, -0.25) is 4.79 Å². The predicted octanol–water partition coefficient (Wildman–Crippen LogP) is 2.09. The zero-order chi connectivity index (χ0) is 20.3. The fraction of sp³-hybridized carbons (Fsp3) is 0.429. The van der Waals surface area contributed by atoms with Gasteiger partial charge in [0.15, 0.2) is 18.0 Å². The van der Waals surface area contributed by atoms with E-state index in [1.807, 2.05) is 26.1 Å². The van der Waals surface area contributed by atoms with Gasteiger partial charge in [0.2, 0.25) is 0 Å². The molecule has 0 saturated carbocycles. The molecule has 2 N–H and O–H groups in total. The van der Waals surface area contributed by atoms with Gasteiger partial charge in [0.25, 0.3) is 5.91 Å². The van der Waals surface area contributed by atoms with Crippen molar-refractivity contribution in [2.45, 2.75) is 32.7 Å². The average molecular weight is 401 g/mol. The molecular formula is C21H26N3O3S+. The number of hydrogen-bond acceptors (Lipinski definition) is 5. The van der Waals surface area contributed by atoms with E-state index in [2.05, 4.69) is 11.4 Å². The van der Waals surface area contributed by atoms with E-state index in [0.29, 0.717) is 35.2 Å². The summed E-state index contributed by atoms with van der Waals surface area (Å²) in [5, 5.41) is 13.1. The Bertz CT molecular complexity index is 930. The quantitative estimate of drug-likeness (QED) is 0.746. The Kier molecular flexibility index (Phi) is 6.22. The number of hydrogen-bond donors (Lipinski definition) is 2. The van der Waals surface area contributed by atoms with Crippen LogP contribution < -0.4 is 19.7 Å². The normalized spacial score (nSPS) is 13.5. The highest BCUT2D eigenvalue weighted by atomic mass is 32.1. The predicted molar refractivity (Wildman–Crippen MR) is 109 cm³/mol. The fourth-order valence-electron chi connectivity index (χ4n) is 3.66. The Balaban J connectivity index is 1.65. The van der Waals surface area contributed by atoms with E-state index in [1.54, 1.807) is 25.6 Å². The van der Waals surface area contributed by atoms with Crippen LogP contribution in [0.1, 0.15) is 33.6 Å². The van der Waals surface area contributed by atoms with Gasteiger partial charge in [-0.25, -0.2) is 0 Å². The third kappa shape index (κ3) is 4.13. The van der Waals surface area contributed by atoms with Crippen LogP contribution in [-0.4, -0.2) is 33.7 Å². The summed E-state index contributed by atoms with van der Waals surface area (Å²) in [6.07, 6.45) is 3.05. The summed E-state index contributed by atoms with van der Waals surface area (Å²) >= 11 is 1.55. The standard InChI is InChI=1S/C21H25N3O3S/c1-13-8-17(26-3)18(27-4)9-14(13)11-24(2)12-20(25)23-21-16(10-22)15-6-5-7-19(15)28-21/h8-9H,5-7,11-12H2,1-4H3,(H,23,25)/p+1. The van der Waals surface area contributed by atoms with Gasteiger partial charge in [-0.2, -0.15) is 5.26 Å². The van der Waals surface area contributed by atoms with Crippen LogP contribution in [0.5, 0.6) is 11.5 Å². The molecule has 0 fully saturated rings. The zero-order valence-corrected chi connectivity index (χ0v) is 17.6. The molecule has 1 aromatic carbocycles. The average Bonchev–Trinajstić information content (AvgIpc) is 3.23. The van der Waals surface area contributed by atoms with Crippen LogP contribution >= 0.6 is 11.3 Å². The highest BCUT2D eigenvalue weighted by Crippen LogP contribution is 2.38. The van der Waals surface area contributed by atoms with Crippen molar-refractivity contribution in [1.29, 1.82) is 5.26 Å². The molecule has 0 radical (unpaired) electrons. The Morgan fingerprint density at radius 2 is 2.00 bits per heavy atom. The van der Waals surface area contributed by atoms with Gasteiger partial charge in [0.05, 0.1) is 26.8 Å². The maximum Gasteiger partial charge on any atom is 0.280 e. The topological polar surface area (TPSA) is 75.8 Å². The second-order valence-electron chi connectivity index (χ2n) is 7.17. The molecular weight excluding hydrogens is 374 g/mol. The van der Waals surface area contributed by atoms with Gasteiger partial charge in [-0.05, 0) is 49.4 Å². The lowest BCUT2D eigenvalue weighted by atomic mass is 10.1. The molecule has 1 amide bonds. The highest BCUT2D eigenvalue weighted by molar-refractivity contribution is 7.16. The van der Waals surface area contributed by atoms with E-state index in [9.17, 15) is 10.1 Å². The molecule has 1 atom stereocenters. The maximum absolute atomic E-state index is 12.5. The minimum atomic E-state index is -0.0768. The SMILES string of the molecule is COc1cc(C)c(C[NH+](C)CC(=O)Nc2sc3c(c2C#N)CCC3)cc1OC. The number of anilines is 1. The van der Waals surface area contributed by atoms with E-state index in [1.165, 1.54) is 4.88 Å². The van der Waals surface area contributed by atoms with Crippen molar-refractivity contribution in [1.82, 2.24) is 0 Å². The molecule has 148 valence electrons. The number of nitriles is 1. The molecule has 2 aromatic rings. The summed E-state index contributed by atoms with van der Waals surface area (Å²) in [5.41, 5.74) is 3.98. The number of aryl methyl sites for hydroxylation is 2. The maximum atomic E-state index is 12.5. The molecule has 3 rings (SSSR count). The molecule has 0 spiro atoms. The fourth-order valence-corrected chi connectivity index (χ4v) is 4.91. The largest absolute Gasteiger partial charge is 0.493 e. The number of benzene rings is 1. The number of carbonyl (C=O) groups is 1. The molecule has 1 unspecified atom stereocenters. The Hall–Kier alpha value is -2.56. The second-order valence-corrected chi connectivity index (χ2v) is 8.27. The molecule has 1 aliphatic carbocycles. The number of rotatable bonds is 7. The van der Waals surface area contributed by atoms with Gasteiger partial charge >= 0.3 is 0 Å². The van der Waals surface area contributed by atoms with Crippen molar-refractivity contribution in [3.05, 3.63) is 39.3 Å². The molecule has 6 nitrogen and oxygen atoms in total. The minimum Gasteiger partial charge on any atom is -0.493 e. The summed E-state index contributed by atoms with van der Waals surface area (Å²) in [6, 6.07) is 6.19. The van der Waals surface area contributed by atoms with Gasteiger partial charge in [0.1, 0.15) is 17.6 Å². The van der Waals surface area contributed by atoms with Crippen LogP contribution in [0, 0.1) is 18.3 Å². The Morgan fingerprint density at radius 1 is 1.29 bits per heavy atom. The van der Waals surface area contributed by atoms with E-state index in [0.717, 1.165) is 40.9 Å². The Morgan fingerprint density at radius 3 is 2.68 bits per heavy atom. The molecule has 1 heterocycles. The lowest BCUT2D eigenvalue weighted by Crippen LogP contribution is -3.08. The first kappa shape index (κ1) is 20.2. The first-order valence-corrected chi connectivity index (χ1v) is 10.2. The first-order valence-electron chi connectivity index (χ1n) is 9.34. The number of carbonyl (C=O) groups excluding carboxylic acids is 1. The number of ether oxygens (including phenoxy) is 2. The van der Waals surface area contributed by atoms with Crippen molar-refractivity contribution in [2.75, 3.05) is 33.1 Å². The number of likely N-dealkylation sites (N-methyl/N-ethyl adjacent to an activating group) is 1. The summed E-state index contributed by atoms with van der Waals surface area (Å²) < 4.78 is 10.7. The van der Waals surface area contributed by atoms with E-state index in [-0.39, 0.29) is 5.91 Å². The third-order valence-electron chi connectivity index (χ3n) is 5.08. The van der Waals surface area contributed by atoms with Crippen LogP contribution in [0.25, 0.3) is 0 Å². The smallest absolute Gasteiger partial charge is 0.280 e. The molecule has 1 aromatic heterocycles. The van der Waals surface area contributed by atoms with Crippen molar-refractivity contribution >= 4 is 22.2 Å². The van der Waals surface area contributed by atoms with Gasteiger partial charge in [0, 0.05) is 10.4 Å². The molecule has 0 aliphatic heterocycles.